The quantitative estimate of drug-likeness (QED) is 0.323. The molecule has 2 aliphatic rings. The van der Waals surface area contributed by atoms with Gasteiger partial charge in [0.25, 0.3) is 0 Å². The van der Waals surface area contributed by atoms with Gasteiger partial charge in [-0.25, -0.2) is 4.79 Å². The van der Waals surface area contributed by atoms with Gasteiger partial charge in [-0.05, 0) is 42.3 Å². The molecule has 7 nitrogen and oxygen atoms in total. The van der Waals surface area contributed by atoms with E-state index in [-0.39, 0.29) is 17.4 Å². The third-order valence-corrected chi connectivity index (χ3v) is 7.05. The van der Waals surface area contributed by atoms with Gasteiger partial charge < -0.3 is 19.4 Å². The van der Waals surface area contributed by atoms with Gasteiger partial charge in [0, 0.05) is 35.3 Å². The standard InChI is InChI=1S/C25H22N2O5S/c1-31-25(30)23-15(9-18-10-22(28)27(18)23)14-33-19-7-8-21-20(11-19)24(29)16(13-32-21)12-26-17-5-3-2-4-6-17/h2-8,11,13,18,26H,9-10,12,14H2,1H3/t18-/m1/s1. The number of nitrogens with one attached hydrogen (secondary N) is 1. The number of hydrogen-bond acceptors (Lipinski definition) is 7. The maximum absolute atomic E-state index is 13.0. The molecule has 1 N–H and O–H groups in total. The van der Waals surface area contributed by atoms with E-state index in [2.05, 4.69) is 5.32 Å². The molecule has 33 heavy (non-hydrogen) atoms. The van der Waals surface area contributed by atoms with E-state index in [1.54, 1.807) is 11.0 Å². The first-order valence-electron chi connectivity index (χ1n) is 10.6. The van der Waals surface area contributed by atoms with E-state index in [0.717, 1.165) is 16.2 Å². The van der Waals surface area contributed by atoms with Crippen LogP contribution < -0.4 is 10.7 Å². The number of benzene rings is 2. The summed E-state index contributed by atoms with van der Waals surface area (Å²) in [5.41, 5.74) is 3.19. The highest BCUT2D eigenvalue weighted by atomic mass is 32.2. The van der Waals surface area contributed by atoms with Crippen molar-refractivity contribution in [2.24, 2.45) is 0 Å². The van der Waals surface area contributed by atoms with Gasteiger partial charge in [-0.3, -0.25) is 9.59 Å². The molecule has 168 valence electrons. The summed E-state index contributed by atoms with van der Waals surface area (Å²) in [6, 6.07) is 15.2. The van der Waals surface area contributed by atoms with Gasteiger partial charge in [0.05, 0.1) is 24.3 Å². The van der Waals surface area contributed by atoms with Crippen molar-refractivity contribution in [2.75, 3.05) is 18.2 Å². The molecule has 8 heteroatoms. The highest BCUT2D eigenvalue weighted by molar-refractivity contribution is 7.99. The lowest BCUT2D eigenvalue weighted by Gasteiger charge is -2.35. The number of para-hydroxylation sites is 1. The molecular formula is C25H22N2O5S. The molecule has 0 saturated carbocycles. The smallest absolute Gasteiger partial charge is 0.354 e. The van der Waals surface area contributed by atoms with Crippen molar-refractivity contribution in [2.45, 2.75) is 30.3 Å². The second-order valence-electron chi connectivity index (χ2n) is 8.03. The van der Waals surface area contributed by atoms with Crippen LogP contribution in [0.15, 0.2) is 80.2 Å². The molecule has 0 spiro atoms. The zero-order valence-corrected chi connectivity index (χ0v) is 18.8. The van der Waals surface area contributed by atoms with Crippen LogP contribution in [-0.2, 0) is 20.9 Å². The number of esters is 1. The summed E-state index contributed by atoms with van der Waals surface area (Å²) in [6.45, 7) is 0.361. The van der Waals surface area contributed by atoms with Crippen molar-refractivity contribution in [1.29, 1.82) is 0 Å². The fourth-order valence-corrected chi connectivity index (χ4v) is 5.22. The number of carbonyl (C=O) groups is 2. The predicted octanol–water partition coefficient (Wildman–Crippen LogP) is 3.93. The van der Waals surface area contributed by atoms with E-state index >= 15 is 0 Å². The lowest BCUT2D eigenvalue weighted by Crippen LogP contribution is -2.49. The van der Waals surface area contributed by atoms with Gasteiger partial charge >= 0.3 is 5.97 Å². The third-order valence-electron chi connectivity index (χ3n) is 5.97. The number of carbonyl (C=O) groups excluding carboxylic acids is 2. The molecule has 1 atom stereocenters. The molecule has 0 unspecified atom stereocenters. The van der Waals surface area contributed by atoms with Gasteiger partial charge in [0.1, 0.15) is 11.3 Å². The summed E-state index contributed by atoms with van der Waals surface area (Å²) in [5, 5.41) is 3.75. The molecule has 1 amide bonds. The molecule has 3 aromatic rings. The van der Waals surface area contributed by atoms with Gasteiger partial charge in [-0.15, -0.1) is 11.8 Å². The predicted molar refractivity (Wildman–Crippen MR) is 126 cm³/mol. The normalized spacial score (nSPS) is 17.2. The Bertz CT molecular complexity index is 1330. The fraction of sp³-hybridized carbons (Fsp3) is 0.240. The van der Waals surface area contributed by atoms with Gasteiger partial charge in [-0.1, -0.05) is 18.2 Å². The van der Waals surface area contributed by atoms with E-state index in [1.807, 2.05) is 42.5 Å². The number of rotatable bonds is 7. The Morgan fingerprint density at radius 1 is 1.18 bits per heavy atom. The van der Waals surface area contributed by atoms with Crippen molar-refractivity contribution in [3.05, 3.63) is 81.9 Å². The van der Waals surface area contributed by atoms with Crippen LogP contribution in [0.2, 0.25) is 0 Å². The number of amides is 1. The first-order valence-corrected chi connectivity index (χ1v) is 11.6. The largest absolute Gasteiger partial charge is 0.464 e. The van der Waals surface area contributed by atoms with E-state index in [0.29, 0.717) is 47.4 Å². The minimum atomic E-state index is -0.476. The average Bonchev–Trinajstić information content (AvgIpc) is 3.14. The number of fused-ring (bicyclic) bond motifs is 2. The van der Waals surface area contributed by atoms with Crippen LogP contribution >= 0.6 is 11.8 Å². The summed E-state index contributed by atoms with van der Waals surface area (Å²) in [7, 11) is 1.32. The molecule has 0 bridgehead atoms. The lowest BCUT2D eigenvalue weighted by molar-refractivity contribution is -0.148. The number of anilines is 1. The Hall–Kier alpha value is -3.52. The maximum Gasteiger partial charge on any atom is 0.354 e. The van der Waals surface area contributed by atoms with Crippen molar-refractivity contribution in [3.63, 3.8) is 0 Å². The highest BCUT2D eigenvalue weighted by Gasteiger charge is 2.47. The monoisotopic (exact) mass is 462 g/mol. The minimum Gasteiger partial charge on any atom is -0.464 e. The fourth-order valence-electron chi connectivity index (χ4n) is 4.26. The van der Waals surface area contributed by atoms with Crippen LogP contribution in [0.4, 0.5) is 5.69 Å². The van der Waals surface area contributed by atoms with Crippen molar-refractivity contribution in [1.82, 2.24) is 4.90 Å². The Morgan fingerprint density at radius 2 is 2.00 bits per heavy atom. The van der Waals surface area contributed by atoms with Gasteiger partial charge in [0.15, 0.2) is 5.43 Å². The number of thioether (sulfide) groups is 1. The average molecular weight is 463 g/mol. The number of β-lactam (4-membered cyclic amide) rings is 1. The van der Waals surface area contributed by atoms with E-state index in [1.165, 1.54) is 25.1 Å². The molecule has 0 aliphatic carbocycles. The van der Waals surface area contributed by atoms with Crippen LogP contribution in [-0.4, -0.2) is 35.7 Å². The first kappa shape index (κ1) is 21.3. The van der Waals surface area contributed by atoms with Crippen LogP contribution in [0, 0.1) is 0 Å². The Morgan fingerprint density at radius 3 is 2.76 bits per heavy atom. The molecule has 3 heterocycles. The highest BCUT2D eigenvalue weighted by Crippen LogP contribution is 2.40. The molecule has 1 aromatic heterocycles. The van der Waals surface area contributed by atoms with Crippen molar-refractivity contribution >= 4 is 40.3 Å². The minimum absolute atomic E-state index is 0.0413. The van der Waals surface area contributed by atoms with E-state index < -0.39 is 5.97 Å². The first-order chi connectivity index (χ1) is 16.0. The maximum atomic E-state index is 13.0. The SMILES string of the molecule is COC(=O)C1=C(CSc2ccc3occ(CNc4ccccc4)c(=O)c3c2)C[C@@H]2CC(=O)N12. The Labute approximate surface area is 194 Å². The van der Waals surface area contributed by atoms with Crippen LogP contribution in [0.25, 0.3) is 11.0 Å². The summed E-state index contributed by atoms with van der Waals surface area (Å²) in [6.07, 6.45) is 2.64. The number of methoxy groups -OCH3 is 1. The second-order valence-corrected chi connectivity index (χ2v) is 9.07. The zero-order valence-electron chi connectivity index (χ0n) is 18.0. The Kier molecular flexibility index (Phi) is 5.68. The molecule has 1 saturated heterocycles. The summed E-state index contributed by atoms with van der Waals surface area (Å²) in [4.78, 5) is 39.7. The molecule has 0 radical (unpaired) electrons. The van der Waals surface area contributed by atoms with E-state index in [4.69, 9.17) is 9.15 Å². The molecule has 2 aromatic carbocycles. The van der Waals surface area contributed by atoms with Crippen LogP contribution in [0.5, 0.6) is 0 Å². The lowest BCUT2D eigenvalue weighted by atomic mass is 10.0. The van der Waals surface area contributed by atoms with Crippen molar-refractivity contribution in [3.8, 4) is 0 Å². The van der Waals surface area contributed by atoms with Crippen LogP contribution in [0.1, 0.15) is 18.4 Å². The summed E-state index contributed by atoms with van der Waals surface area (Å²) in [5.74, 6) is 0.0211. The number of hydrogen-bond donors (Lipinski definition) is 1. The number of ether oxygens (including phenoxy) is 1. The third kappa shape index (κ3) is 4.02. The summed E-state index contributed by atoms with van der Waals surface area (Å²) >= 11 is 1.52. The zero-order chi connectivity index (χ0) is 22.9. The molecule has 2 aliphatic heterocycles. The topological polar surface area (TPSA) is 88.8 Å². The molecule has 5 rings (SSSR count). The Balaban J connectivity index is 1.35. The van der Waals surface area contributed by atoms with Crippen molar-refractivity contribution < 1.29 is 18.7 Å². The van der Waals surface area contributed by atoms with Gasteiger partial charge in [-0.2, -0.15) is 0 Å². The van der Waals surface area contributed by atoms with Gasteiger partial charge in [0.2, 0.25) is 5.91 Å². The van der Waals surface area contributed by atoms with Crippen LogP contribution in [0.3, 0.4) is 0 Å². The second kappa shape index (κ2) is 8.78. The van der Waals surface area contributed by atoms with E-state index in [9.17, 15) is 14.4 Å². The molecular weight excluding hydrogens is 440 g/mol. The molecule has 1 fully saturated rings. The number of nitrogens with zero attached hydrogens (tertiary/aromatic N) is 1. The summed E-state index contributed by atoms with van der Waals surface area (Å²) < 4.78 is 10.6.